The van der Waals surface area contributed by atoms with Crippen LogP contribution in [0.2, 0.25) is 5.02 Å². The van der Waals surface area contributed by atoms with Crippen molar-refractivity contribution in [1.82, 2.24) is 19.8 Å². The van der Waals surface area contributed by atoms with Gasteiger partial charge in [-0.05, 0) is 77.2 Å². The lowest BCUT2D eigenvalue weighted by Gasteiger charge is -2.34. The maximum absolute atomic E-state index is 13.0. The van der Waals surface area contributed by atoms with Crippen molar-refractivity contribution < 1.29 is 32.2 Å². The molecule has 9 nitrogen and oxygen atoms in total. The highest BCUT2D eigenvalue weighted by molar-refractivity contribution is 6.32. The van der Waals surface area contributed by atoms with Crippen LogP contribution in [0.3, 0.4) is 0 Å². The molecule has 55 heavy (non-hydrogen) atoms. The molecule has 3 aromatic carbocycles. The molecule has 1 aliphatic heterocycles. The molecule has 282 valence electrons. The Morgan fingerprint density at radius 3 is 2.20 bits per heavy atom. The van der Waals surface area contributed by atoms with Crippen molar-refractivity contribution in [2.75, 3.05) is 32.8 Å². The normalized spacial score (nSPS) is 13.4. The SMILES string of the molecule is Cc1cc(C=CC(=O)N2CCN(Cc3ccc(CCOc4ccc(C(F)(F)F)cn4)cc3)CC2)cc(Cl)c1Oc1ccc(OCc2ccc(C#N)cc2)cn1. The molecule has 13 heteroatoms. The van der Waals surface area contributed by atoms with Crippen molar-refractivity contribution in [1.29, 1.82) is 5.26 Å². The summed E-state index contributed by atoms with van der Waals surface area (Å²) in [5, 5.41) is 9.34. The van der Waals surface area contributed by atoms with E-state index >= 15 is 0 Å². The second-order valence-electron chi connectivity index (χ2n) is 12.9. The van der Waals surface area contributed by atoms with Crippen LogP contribution in [-0.4, -0.2) is 58.5 Å². The zero-order valence-corrected chi connectivity index (χ0v) is 30.7. The second-order valence-corrected chi connectivity index (χ2v) is 13.3. The van der Waals surface area contributed by atoms with Crippen molar-refractivity contribution in [3.8, 4) is 29.3 Å². The first-order valence-corrected chi connectivity index (χ1v) is 17.9. The maximum atomic E-state index is 13.0. The molecule has 0 unspecified atom stereocenters. The van der Waals surface area contributed by atoms with Gasteiger partial charge in [0.25, 0.3) is 0 Å². The fourth-order valence-corrected chi connectivity index (χ4v) is 6.13. The Balaban J connectivity index is 0.919. The Hall–Kier alpha value is -5.90. The molecular weight excluding hydrogens is 731 g/mol. The molecule has 6 rings (SSSR count). The summed E-state index contributed by atoms with van der Waals surface area (Å²) in [5.74, 6) is 1.47. The maximum Gasteiger partial charge on any atom is 0.417 e. The number of carbonyl (C=O) groups excluding carboxylic acids is 1. The average molecular weight is 768 g/mol. The van der Waals surface area contributed by atoms with E-state index in [0.717, 1.165) is 59.7 Å². The minimum absolute atomic E-state index is 0.0717. The van der Waals surface area contributed by atoms with Crippen LogP contribution < -0.4 is 14.2 Å². The van der Waals surface area contributed by atoms with Crippen LogP contribution in [0.1, 0.15) is 38.9 Å². The van der Waals surface area contributed by atoms with Crippen LogP contribution in [0.5, 0.6) is 23.3 Å². The number of pyridine rings is 2. The molecule has 0 saturated carbocycles. The first-order chi connectivity index (χ1) is 26.5. The van der Waals surface area contributed by atoms with Gasteiger partial charge in [0.05, 0.1) is 35.0 Å². The van der Waals surface area contributed by atoms with E-state index in [1.165, 1.54) is 6.07 Å². The molecule has 0 atom stereocenters. The molecule has 1 aliphatic rings. The third-order valence-corrected chi connectivity index (χ3v) is 9.17. The number of hydrogen-bond donors (Lipinski definition) is 0. The van der Waals surface area contributed by atoms with Gasteiger partial charge in [-0.2, -0.15) is 18.4 Å². The zero-order chi connectivity index (χ0) is 38.8. The summed E-state index contributed by atoms with van der Waals surface area (Å²) in [4.78, 5) is 25.2. The van der Waals surface area contributed by atoms with Crippen LogP contribution in [0, 0.1) is 18.3 Å². The van der Waals surface area contributed by atoms with Gasteiger partial charge in [-0.3, -0.25) is 9.69 Å². The summed E-state index contributed by atoms with van der Waals surface area (Å²) < 4.78 is 55.5. The number of alkyl halides is 3. The molecule has 2 aromatic heterocycles. The van der Waals surface area contributed by atoms with Crippen molar-refractivity contribution in [2.24, 2.45) is 0 Å². The summed E-state index contributed by atoms with van der Waals surface area (Å²) in [7, 11) is 0. The quantitative estimate of drug-likeness (QED) is 0.110. The molecule has 0 N–H and O–H groups in total. The third-order valence-electron chi connectivity index (χ3n) is 8.89. The van der Waals surface area contributed by atoms with E-state index < -0.39 is 11.7 Å². The van der Waals surface area contributed by atoms with E-state index in [2.05, 4.69) is 33.1 Å². The van der Waals surface area contributed by atoms with Gasteiger partial charge in [-0.15, -0.1) is 0 Å². The minimum Gasteiger partial charge on any atom is -0.487 e. The van der Waals surface area contributed by atoms with Gasteiger partial charge in [0, 0.05) is 63.6 Å². The smallest absolute Gasteiger partial charge is 0.417 e. The van der Waals surface area contributed by atoms with Gasteiger partial charge in [0.15, 0.2) is 5.75 Å². The molecule has 1 amide bonds. The first-order valence-electron chi connectivity index (χ1n) is 17.5. The highest BCUT2D eigenvalue weighted by Crippen LogP contribution is 2.34. The molecule has 0 aliphatic carbocycles. The summed E-state index contributed by atoms with van der Waals surface area (Å²) in [5.41, 5.74) is 4.46. The number of piperazine rings is 1. The number of amides is 1. The molecule has 1 fully saturated rings. The standard InChI is InChI=1S/C42H37ClF3N5O4/c1-29-22-34(23-37(43)41(29)55-39-14-12-36(26-49-39)54-28-33-8-4-31(24-47)5-9-33)10-15-40(52)51-19-17-50(18-20-51)27-32-6-2-30(3-7-32)16-21-53-38-13-11-35(25-48-38)42(44,45)46/h2-15,22-23,25-26H,16-21,27-28H2,1H3. The van der Waals surface area contributed by atoms with Crippen molar-refractivity contribution in [2.45, 2.75) is 32.7 Å². The minimum atomic E-state index is -4.43. The molecule has 5 aromatic rings. The number of benzene rings is 3. The van der Waals surface area contributed by atoms with Crippen LogP contribution in [0.25, 0.3) is 6.08 Å². The topological polar surface area (TPSA) is 101 Å². The summed E-state index contributed by atoms with van der Waals surface area (Å²) in [6.45, 7) is 5.95. The number of halogens is 4. The van der Waals surface area contributed by atoms with Gasteiger partial charge in [0.1, 0.15) is 12.4 Å². The first kappa shape index (κ1) is 38.8. The zero-order valence-electron chi connectivity index (χ0n) is 29.9. The molecule has 0 radical (unpaired) electrons. The number of aromatic nitrogens is 2. The number of rotatable bonds is 13. The lowest BCUT2D eigenvalue weighted by atomic mass is 10.1. The Bertz CT molecular complexity index is 2110. The second kappa shape index (κ2) is 18.0. The van der Waals surface area contributed by atoms with E-state index in [-0.39, 0.29) is 11.8 Å². The summed E-state index contributed by atoms with van der Waals surface area (Å²) in [6.07, 6.45) is 1.82. The number of aryl methyl sites for hydroxylation is 1. The van der Waals surface area contributed by atoms with Gasteiger partial charge in [-0.25, -0.2) is 9.97 Å². The predicted octanol–water partition coefficient (Wildman–Crippen LogP) is 8.68. The van der Waals surface area contributed by atoms with Crippen LogP contribution in [0.4, 0.5) is 13.2 Å². The van der Waals surface area contributed by atoms with E-state index in [4.69, 9.17) is 31.1 Å². The Labute approximate surface area is 322 Å². The highest BCUT2D eigenvalue weighted by Gasteiger charge is 2.30. The number of nitrogens with zero attached hydrogens (tertiary/aromatic N) is 5. The van der Waals surface area contributed by atoms with E-state index in [9.17, 15) is 18.0 Å². The Kier molecular flexibility index (Phi) is 12.7. The van der Waals surface area contributed by atoms with E-state index in [1.54, 1.807) is 48.7 Å². The fourth-order valence-electron chi connectivity index (χ4n) is 5.82. The van der Waals surface area contributed by atoms with E-state index in [1.807, 2.05) is 42.2 Å². The van der Waals surface area contributed by atoms with Crippen LogP contribution >= 0.6 is 11.6 Å². The third kappa shape index (κ3) is 11.1. The van der Waals surface area contributed by atoms with Crippen molar-refractivity contribution in [3.63, 3.8) is 0 Å². The lowest BCUT2D eigenvalue weighted by Crippen LogP contribution is -2.47. The number of nitriles is 1. The van der Waals surface area contributed by atoms with Gasteiger partial charge in [-0.1, -0.05) is 48.0 Å². The Morgan fingerprint density at radius 2 is 1.56 bits per heavy atom. The van der Waals surface area contributed by atoms with Crippen molar-refractivity contribution in [3.05, 3.63) is 147 Å². The number of carbonyl (C=O) groups is 1. The van der Waals surface area contributed by atoms with Crippen LogP contribution in [-0.2, 0) is 30.5 Å². The molecule has 1 saturated heterocycles. The van der Waals surface area contributed by atoms with Gasteiger partial charge >= 0.3 is 6.18 Å². The van der Waals surface area contributed by atoms with Crippen molar-refractivity contribution >= 4 is 23.6 Å². The summed E-state index contributed by atoms with van der Waals surface area (Å²) >= 11 is 6.60. The summed E-state index contributed by atoms with van der Waals surface area (Å²) in [6, 6.07) is 26.7. The van der Waals surface area contributed by atoms with Crippen LogP contribution in [0.15, 0.2) is 103 Å². The molecular formula is C42H37ClF3N5O4. The monoisotopic (exact) mass is 767 g/mol. The number of hydrogen-bond acceptors (Lipinski definition) is 8. The molecule has 3 heterocycles. The van der Waals surface area contributed by atoms with E-state index in [0.29, 0.717) is 60.7 Å². The van der Waals surface area contributed by atoms with Gasteiger partial charge in [0.2, 0.25) is 17.7 Å². The molecule has 0 bridgehead atoms. The average Bonchev–Trinajstić information content (AvgIpc) is 3.19. The fraction of sp³-hybridized carbons (Fsp3) is 0.238. The highest BCUT2D eigenvalue weighted by atomic mass is 35.5. The Morgan fingerprint density at radius 1 is 0.873 bits per heavy atom. The largest absolute Gasteiger partial charge is 0.487 e. The molecule has 0 spiro atoms. The predicted molar refractivity (Wildman–Crippen MR) is 202 cm³/mol. The number of ether oxygens (including phenoxy) is 3. The lowest BCUT2D eigenvalue weighted by molar-refractivity contribution is -0.137. The van der Waals surface area contributed by atoms with Gasteiger partial charge < -0.3 is 19.1 Å².